The van der Waals surface area contributed by atoms with Gasteiger partial charge in [-0.25, -0.2) is 0 Å². The Hall–Kier alpha value is -1.15. The second-order valence-electron chi connectivity index (χ2n) is 5.06. The Labute approximate surface area is 92.2 Å². The zero-order valence-electron chi connectivity index (χ0n) is 9.83. The number of nitrogens with zero attached hydrogens (tertiary/aromatic N) is 1. The molecule has 0 saturated heterocycles. The molecule has 0 fully saturated rings. The summed E-state index contributed by atoms with van der Waals surface area (Å²) in [7, 11) is -1.26. The lowest BCUT2D eigenvalue weighted by Crippen LogP contribution is -2.39. The number of para-hydroxylation sites is 1. The van der Waals surface area contributed by atoms with Gasteiger partial charge in [-0.05, 0) is 18.2 Å². The fourth-order valence-electron chi connectivity index (χ4n) is 1.97. The zero-order valence-corrected chi connectivity index (χ0v) is 10.8. The van der Waals surface area contributed by atoms with E-state index in [4.69, 9.17) is 0 Å². The van der Waals surface area contributed by atoms with Crippen molar-refractivity contribution in [2.45, 2.75) is 26.6 Å². The molecule has 0 N–H and O–H groups in total. The molecule has 1 aromatic carbocycles. The van der Waals surface area contributed by atoms with Crippen molar-refractivity contribution >= 4 is 24.2 Å². The van der Waals surface area contributed by atoms with Crippen LogP contribution in [0.4, 0.5) is 0 Å². The van der Waals surface area contributed by atoms with Crippen LogP contribution in [0.15, 0.2) is 30.3 Å². The van der Waals surface area contributed by atoms with Crippen LogP contribution < -0.4 is 5.19 Å². The smallest absolute Gasteiger partial charge is 0.0800 e. The van der Waals surface area contributed by atoms with Crippen LogP contribution in [0.25, 0.3) is 10.9 Å². The summed E-state index contributed by atoms with van der Waals surface area (Å²) in [6.45, 7) is 9.23. The van der Waals surface area contributed by atoms with Gasteiger partial charge in [0.05, 0.1) is 13.6 Å². The van der Waals surface area contributed by atoms with E-state index in [1.165, 1.54) is 16.3 Å². The minimum atomic E-state index is -1.26. The fourth-order valence-corrected chi connectivity index (χ4v) is 3.70. The van der Waals surface area contributed by atoms with Crippen LogP contribution in [0.3, 0.4) is 0 Å². The molecule has 78 valence electrons. The van der Waals surface area contributed by atoms with E-state index in [0.29, 0.717) is 0 Å². The summed E-state index contributed by atoms with van der Waals surface area (Å²) in [5.74, 6) is 0. The van der Waals surface area contributed by atoms with Gasteiger partial charge in [-0.1, -0.05) is 43.9 Å². The van der Waals surface area contributed by atoms with Crippen LogP contribution >= 0.6 is 0 Å². The molecular formula is C13H17NSi. The van der Waals surface area contributed by atoms with Crippen LogP contribution in [-0.4, -0.2) is 13.1 Å². The molecule has 15 heavy (non-hydrogen) atoms. The van der Waals surface area contributed by atoms with Crippen molar-refractivity contribution in [1.29, 1.82) is 0 Å². The van der Waals surface area contributed by atoms with Crippen molar-refractivity contribution in [3.05, 3.63) is 36.0 Å². The Kier molecular flexibility index (Phi) is 2.39. The van der Waals surface area contributed by atoms with Gasteiger partial charge in [-0.15, -0.1) is 0 Å². The van der Waals surface area contributed by atoms with E-state index in [2.05, 4.69) is 55.8 Å². The number of aromatic nitrogens is 1. The van der Waals surface area contributed by atoms with Crippen LogP contribution in [-0.2, 0) is 0 Å². The van der Waals surface area contributed by atoms with Crippen molar-refractivity contribution < 1.29 is 0 Å². The highest BCUT2D eigenvalue weighted by atomic mass is 28.3. The minimum absolute atomic E-state index is 1.11. The topological polar surface area (TPSA) is 12.9 Å². The quantitative estimate of drug-likeness (QED) is 0.666. The van der Waals surface area contributed by atoms with Crippen LogP contribution in [0.5, 0.6) is 0 Å². The maximum absolute atomic E-state index is 4.68. The van der Waals surface area contributed by atoms with E-state index >= 15 is 0 Å². The molecule has 0 saturated carbocycles. The molecule has 0 aliphatic heterocycles. The Balaban J connectivity index is 2.73. The number of pyridine rings is 1. The summed E-state index contributed by atoms with van der Waals surface area (Å²) in [6.07, 6.45) is 0. The lowest BCUT2D eigenvalue weighted by molar-refractivity contribution is 1.27. The third-order valence-corrected chi connectivity index (χ3v) is 4.84. The molecule has 0 aliphatic carbocycles. The van der Waals surface area contributed by atoms with Crippen molar-refractivity contribution in [3.63, 3.8) is 0 Å². The monoisotopic (exact) mass is 215 g/mol. The predicted octanol–water partition coefficient (Wildman–Crippen LogP) is 3.09. The van der Waals surface area contributed by atoms with E-state index < -0.39 is 8.07 Å². The molecule has 0 bridgehead atoms. The molecule has 0 spiro atoms. The number of aryl methyl sites for hydroxylation is 1. The second-order valence-corrected chi connectivity index (χ2v) is 10.1. The average Bonchev–Trinajstić information content (AvgIpc) is 2.15. The molecule has 2 heteroatoms. The molecule has 2 aromatic rings. The lowest BCUT2D eigenvalue weighted by Gasteiger charge is -2.19. The summed E-state index contributed by atoms with van der Waals surface area (Å²) in [6, 6.07) is 10.7. The summed E-state index contributed by atoms with van der Waals surface area (Å²) >= 11 is 0. The van der Waals surface area contributed by atoms with Gasteiger partial charge in [0.1, 0.15) is 0 Å². The molecule has 0 radical (unpaired) electrons. The first-order valence-electron chi connectivity index (χ1n) is 5.35. The molecule has 1 nitrogen and oxygen atoms in total. The van der Waals surface area contributed by atoms with Crippen LogP contribution in [0.2, 0.25) is 19.6 Å². The largest absolute Gasteiger partial charge is 0.253 e. The van der Waals surface area contributed by atoms with E-state index in [1.807, 2.05) is 6.07 Å². The maximum atomic E-state index is 4.68. The van der Waals surface area contributed by atoms with E-state index in [0.717, 1.165) is 5.52 Å². The second kappa shape index (κ2) is 3.45. The first kappa shape index (κ1) is 10.4. The number of fused-ring (bicyclic) bond motifs is 1. The Bertz CT molecular complexity index is 497. The third kappa shape index (κ3) is 1.95. The normalized spacial score (nSPS) is 12.0. The van der Waals surface area contributed by atoms with Crippen molar-refractivity contribution in [2.24, 2.45) is 0 Å². The van der Waals surface area contributed by atoms with Gasteiger partial charge in [0.25, 0.3) is 0 Å². The highest BCUT2D eigenvalue weighted by molar-refractivity contribution is 6.89. The molecule has 1 heterocycles. The number of benzene rings is 1. The van der Waals surface area contributed by atoms with E-state index in [9.17, 15) is 0 Å². The van der Waals surface area contributed by atoms with Crippen molar-refractivity contribution in [2.75, 3.05) is 0 Å². The average molecular weight is 215 g/mol. The third-order valence-electron chi connectivity index (χ3n) is 2.72. The summed E-state index contributed by atoms with van der Waals surface area (Å²) in [5, 5.41) is 2.74. The first-order chi connectivity index (χ1) is 6.98. The van der Waals surface area contributed by atoms with Crippen LogP contribution in [0.1, 0.15) is 5.69 Å². The zero-order chi connectivity index (χ0) is 11.1. The highest BCUT2D eigenvalue weighted by Gasteiger charge is 2.19. The molecule has 0 unspecified atom stereocenters. The minimum Gasteiger partial charge on any atom is -0.253 e. The Morgan fingerprint density at radius 1 is 1.07 bits per heavy atom. The SMILES string of the molecule is Cc1nc2ccccc2cc1[Si](C)(C)C. The molecule has 0 aliphatic rings. The Morgan fingerprint density at radius 3 is 2.40 bits per heavy atom. The Morgan fingerprint density at radius 2 is 1.73 bits per heavy atom. The van der Waals surface area contributed by atoms with Gasteiger partial charge in [0.2, 0.25) is 0 Å². The van der Waals surface area contributed by atoms with Gasteiger partial charge in [0, 0.05) is 11.1 Å². The van der Waals surface area contributed by atoms with Gasteiger partial charge < -0.3 is 0 Å². The molecule has 2 rings (SSSR count). The van der Waals surface area contributed by atoms with Crippen molar-refractivity contribution in [3.8, 4) is 0 Å². The summed E-state index contributed by atoms with van der Waals surface area (Å²) in [5.41, 5.74) is 2.31. The summed E-state index contributed by atoms with van der Waals surface area (Å²) in [4.78, 5) is 4.68. The number of hydrogen-bond donors (Lipinski definition) is 0. The molecular weight excluding hydrogens is 198 g/mol. The van der Waals surface area contributed by atoms with Gasteiger partial charge in [0.15, 0.2) is 0 Å². The lowest BCUT2D eigenvalue weighted by atomic mass is 10.2. The van der Waals surface area contributed by atoms with Gasteiger partial charge in [-0.3, -0.25) is 4.98 Å². The number of hydrogen-bond acceptors (Lipinski definition) is 1. The van der Waals surface area contributed by atoms with E-state index in [1.54, 1.807) is 0 Å². The van der Waals surface area contributed by atoms with E-state index in [-0.39, 0.29) is 0 Å². The standard InChI is InChI=1S/C13H17NSi/c1-10-13(15(2,3)4)9-11-7-5-6-8-12(11)14-10/h5-9H,1-4H3. The number of rotatable bonds is 1. The van der Waals surface area contributed by atoms with Crippen molar-refractivity contribution in [1.82, 2.24) is 4.98 Å². The fraction of sp³-hybridized carbons (Fsp3) is 0.308. The van der Waals surface area contributed by atoms with Crippen LogP contribution in [0, 0.1) is 6.92 Å². The first-order valence-corrected chi connectivity index (χ1v) is 8.85. The summed E-state index contributed by atoms with van der Waals surface area (Å²) < 4.78 is 0. The maximum Gasteiger partial charge on any atom is 0.0800 e. The predicted molar refractivity (Wildman–Crippen MR) is 69.5 cm³/mol. The molecule has 1 aromatic heterocycles. The molecule has 0 atom stereocenters. The molecule has 0 amide bonds. The van der Waals surface area contributed by atoms with Gasteiger partial charge in [-0.2, -0.15) is 0 Å². The highest BCUT2D eigenvalue weighted by Crippen LogP contribution is 2.13. The van der Waals surface area contributed by atoms with Gasteiger partial charge >= 0.3 is 0 Å².